The summed E-state index contributed by atoms with van der Waals surface area (Å²) in [5.41, 5.74) is 0. The van der Waals surface area contributed by atoms with Crippen LogP contribution in [0.4, 0.5) is 0 Å². The Balaban J connectivity index is 3.58. The van der Waals surface area contributed by atoms with E-state index in [0.29, 0.717) is 6.61 Å². The molecule has 4 nitrogen and oxygen atoms in total. The fourth-order valence-electron chi connectivity index (χ4n) is 0.628. The van der Waals surface area contributed by atoms with Gasteiger partial charge in [-0.1, -0.05) is 0 Å². The number of hydrogen-bond donors (Lipinski definition) is 2. The number of ether oxygens (including phenoxy) is 1. The van der Waals surface area contributed by atoms with E-state index in [4.69, 9.17) is 17.7 Å². The molecule has 1 atom stereocenters. The standard InChI is InChI=1S/C6H12BNO3/c1-11-4-5(3-9)8-6(10)2-7/h5,9H,2-4H2,1H3,(H,8,10). The largest absolute Gasteiger partial charge is 0.394 e. The summed E-state index contributed by atoms with van der Waals surface area (Å²) in [6.45, 7) is 0.155. The average molecular weight is 157 g/mol. The number of carbonyl (C=O) groups is 1. The molecule has 0 spiro atoms. The maximum atomic E-state index is 10.7. The third kappa shape index (κ3) is 4.81. The molecule has 0 bridgehead atoms. The van der Waals surface area contributed by atoms with Crippen LogP contribution in [0, 0.1) is 0 Å². The van der Waals surface area contributed by atoms with E-state index in [1.54, 1.807) is 0 Å². The molecule has 0 rings (SSSR count). The fraction of sp³-hybridized carbons (Fsp3) is 0.833. The molecule has 0 saturated carbocycles. The predicted octanol–water partition coefficient (Wildman–Crippen LogP) is -1.30. The number of amides is 1. The highest BCUT2D eigenvalue weighted by molar-refractivity contribution is 6.19. The van der Waals surface area contributed by atoms with Crippen LogP contribution < -0.4 is 5.32 Å². The van der Waals surface area contributed by atoms with Crippen LogP contribution in [-0.4, -0.2) is 45.2 Å². The lowest BCUT2D eigenvalue weighted by Gasteiger charge is -2.14. The molecule has 2 radical (unpaired) electrons. The normalized spacial score (nSPS) is 12.5. The molecule has 11 heavy (non-hydrogen) atoms. The van der Waals surface area contributed by atoms with Gasteiger partial charge in [-0.3, -0.25) is 4.79 Å². The number of rotatable bonds is 5. The molecule has 0 aromatic carbocycles. The number of aliphatic hydroxyl groups excluding tert-OH is 1. The van der Waals surface area contributed by atoms with Gasteiger partial charge >= 0.3 is 0 Å². The van der Waals surface area contributed by atoms with Crippen LogP contribution >= 0.6 is 0 Å². The molecule has 1 unspecified atom stereocenters. The molecule has 62 valence electrons. The Labute approximate surface area is 67.3 Å². The zero-order chi connectivity index (χ0) is 8.69. The summed E-state index contributed by atoms with van der Waals surface area (Å²) < 4.78 is 4.72. The van der Waals surface area contributed by atoms with Gasteiger partial charge in [0.15, 0.2) is 0 Å². The Morgan fingerprint density at radius 1 is 1.82 bits per heavy atom. The van der Waals surface area contributed by atoms with Gasteiger partial charge in [0.1, 0.15) is 0 Å². The first-order chi connectivity index (χ1) is 5.24. The quantitative estimate of drug-likeness (QED) is 0.487. The lowest BCUT2D eigenvalue weighted by Crippen LogP contribution is -2.40. The third-order valence-electron chi connectivity index (χ3n) is 1.14. The molecule has 0 fully saturated rings. The Kier molecular flexibility index (Phi) is 5.88. The van der Waals surface area contributed by atoms with Crippen molar-refractivity contribution in [1.29, 1.82) is 0 Å². The lowest BCUT2D eigenvalue weighted by atomic mass is 10.0. The van der Waals surface area contributed by atoms with Crippen molar-refractivity contribution in [1.82, 2.24) is 5.32 Å². The van der Waals surface area contributed by atoms with Gasteiger partial charge in [-0.05, 0) is 6.32 Å². The molecule has 0 aliphatic rings. The van der Waals surface area contributed by atoms with Crippen LogP contribution in [0.15, 0.2) is 0 Å². The van der Waals surface area contributed by atoms with E-state index >= 15 is 0 Å². The van der Waals surface area contributed by atoms with Crippen LogP contribution in [0.3, 0.4) is 0 Å². The average Bonchev–Trinajstić information content (AvgIpc) is 2.03. The topological polar surface area (TPSA) is 58.6 Å². The molecular weight excluding hydrogens is 145 g/mol. The van der Waals surface area contributed by atoms with Crippen LogP contribution in [-0.2, 0) is 9.53 Å². The summed E-state index contributed by atoms with van der Waals surface area (Å²) in [6, 6.07) is -0.351. The molecule has 0 aromatic rings. The van der Waals surface area contributed by atoms with Crippen molar-refractivity contribution in [2.24, 2.45) is 0 Å². The van der Waals surface area contributed by atoms with Gasteiger partial charge < -0.3 is 15.2 Å². The van der Waals surface area contributed by atoms with Gasteiger partial charge in [0.2, 0.25) is 5.91 Å². The minimum atomic E-state index is -0.351. The molecule has 0 aliphatic heterocycles. The Morgan fingerprint density at radius 2 is 2.45 bits per heavy atom. The van der Waals surface area contributed by atoms with Crippen molar-refractivity contribution >= 4 is 13.8 Å². The monoisotopic (exact) mass is 157 g/mol. The Hall–Kier alpha value is -0.545. The van der Waals surface area contributed by atoms with Gasteiger partial charge in [-0.2, -0.15) is 0 Å². The molecular formula is C6H12BNO3. The number of hydrogen-bond acceptors (Lipinski definition) is 3. The predicted molar refractivity (Wildman–Crippen MR) is 41.5 cm³/mol. The summed E-state index contributed by atoms with van der Waals surface area (Å²) in [4.78, 5) is 10.7. The summed E-state index contributed by atoms with van der Waals surface area (Å²) in [7, 11) is 6.53. The number of carbonyl (C=O) groups excluding carboxylic acids is 1. The Bertz CT molecular complexity index is 120. The van der Waals surface area contributed by atoms with Gasteiger partial charge in [0.25, 0.3) is 0 Å². The number of aliphatic hydroxyl groups is 1. The third-order valence-corrected chi connectivity index (χ3v) is 1.14. The van der Waals surface area contributed by atoms with Gasteiger partial charge in [-0.15, -0.1) is 0 Å². The van der Waals surface area contributed by atoms with Crippen molar-refractivity contribution < 1.29 is 14.6 Å². The Morgan fingerprint density at radius 3 is 2.82 bits per heavy atom. The molecule has 0 heterocycles. The first-order valence-corrected chi connectivity index (χ1v) is 3.33. The highest BCUT2D eigenvalue weighted by Gasteiger charge is 2.08. The lowest BCUT2D eigenvalue weighted by molar-refractivity contribution is -0.120. The number of methoxy groups -OCH3 is 1. The van der Waals surface area contributed by atoms with E-state index in [-0.39, 0.29) is 24.9 Å². The molecule has 0 aliphatic carbocycles. The van der Waals surface area contributed by atoms with Crippen LogP contribution in [0.2, 0.25) is 6.32 Å². The summed E-state index contributed by atoms with van der Waals surface area (Å²) in [6.07, 6.45) is -0.0692. The van der Waals surface area contributed by atoms with Crippen molar-refractivity contribution in [3.8, 4) is 0 Å². The van der Waals surface area contributed by atoms with E-state index < -0.39 is 0 Å². The summed E-state index contributed by atoms with van der Waals surface area (Å²) in [5.74, 6) is -0.291. The van der Waals surface area contributed by atoms with E-state index in [0.717, 1.165) is 0 Å². The second-order valence-electron chi connectivity index (χ2n) is 2.11. The second-order valence-corrected chi connectivity index (χ2v) is 2.11. The van der Waals surface area contributed by atoms with Crippen molar-refractivity contribution in [3.05, 3.63) is 0 Å². The van der Waals surface area contributed by atoms with Crippen LogP contribution in [0.25, 0.3) is 0 Å². The van der Waals surface area contributed by atoms with E-state index in [9.17, 15) is 4.79 Å². The minimum absolute atomic E-state index is 0.0692. The fourth-order valence-corrected chi connectivity index (χ4v) is 0.628. The summed E-state index contributed by atoms with van der Waals surface area (Å²) >= 11 is 0. The van der Waals surface area contributed by atoms with Crippen molar-refractivity contribution in [3.63, 3.8) is 0 Å². The molecule has 0 saturated heterocycles. The van der Waals surface area contributed by atoms with Gasteiger partial charge in [0, 0.05) is 7.11 Å². The molecule has 0 aromatic heterocycles. The first kappa shape index (κ1) is 10.5. The summed E-state index contributed by atoms with van der Waals surface area (Å²) in [5, 5.41) is 11.1. The first-order valence-electron chi connectivity index (χ1n) is 3.33. The van der Waals surface area contributed by atoms with Crippen molar-refractivity contribution in [2.75, 3.05) is 20.3 Å². The molecule has 5 heteroatoms. The van der Waals surface area contributed by atoms with Crippen LogP contribution in [0.1, 0.15) is 0 Å². The van der Waals surface area contributed by atoms with Gasteiger partial charge in [0.05, 0.1) is 27.1 Å². The van der Waals surface area contributed by atoms with Gasteiger partial charge in [-0.25, -0.2) is 0 Å². The highest BCUT2D eigenvalue weighted by atomic mass is 16.5. The minimum Gasteiger partial charge on any atom is -0.394 e. The highest BCUT2D eigenvalue weighted by Crippen LogP contribution is 1.84. The molecule has 1 amide bonds. The van der Waals surface area contributed by atoms with Crippen molar-refractivity contribution in [2.45, 2.75) is 12.4 Å². The zero-order valence-electron chi connectivity index (χ0n) is 6.54. The maximum Gasteiger partial charge on any atom is 0.211 e. The maximum absolute atomic E-state index is 10.7. The van der Waals surface area contributed by atoms with E-state index in [2.05, 4.69) is 5.32 Å². The SMILES string of the molecule is [B]CC(=O)NC(CO)COC. The van der Waals surface area contributed by atoms with E-state index in [1.807, 2.05) is 0 Å². The molecule has 2 N–H and O–H groups in total. The zero-order valence-corrected chi connectivity index (χ0v) is 6.54. The second kappa shape index (κ2) is 6.18. The van der Waals surface area contributed by atoms with Crippen LogP contribution in [0.5, 0.6) is 0 Å². The smallest absolute Gasteiger partial charge is 0.211 e. The number of nitrogens with one attached hydrogen (secondary N) is 1. The van der Waals surface area contributed by atoms with E-state index in [1.165, 1.54) is 7.11 Å².